The number of hydrogen-bond acceptors (Lipinski definition) is 6. The van der Waals surface area contributed by atoms with Gasteiger partial charge in [0, 0.05) is 44.4 Å². The molecule has 2 aliphatic heterocycles. The van der Waals surface area contributed by atoms with Crippen molar-refractivity contribution in [2.45, 2.75) is 37.4 Å². The lowest BCUT2D eigenvalue weighted by molar-refractivity contribution is -0.167. The van der Waals surface area contributed by atoms with Crippen LogP contribution >= 0.6 is 0 Å². The first-order chi connectivity index (χ1) is 15.5. The van der Waals surface area contributed by atoms with Crippen molar-refractivity contribution in [1.29, 1.82) is 0 Å². The van der Waals surface area contributed by atoms with Gasteiger partial charge in [-0.2, -0.15) is 0 Å². The third-order valence-corrected chi connectivity index (χ3v) is 6.67. The van der Waals surface area contributed by atoms with Gasteiger partial charge in [-0.25, -0.2) is 4.79 Å². The highest BCUT2D eigenvalue weighted by molar-refractivity contribution is 5.79. The van der Waals surface area contributed by atoms with E-state index in [1.807, 2.05) is 18.2 Å². The molecule has 2 aromatic carbocycles. The summed E-state index contributed by atoms with van der Waals surface area (Å²) in [6, 6.07) is 15.8. The summed E-state index contributed by atoms with van der Waals surface area (Å²) in [6.07, 6.45) is 0.721. The quantitative estimate of drug-likeness (QED) is 0.685. The Balaban J connectivity index is 1.38. The molecule has 2 heterocycles. The lowest BCUT2D eigenvalue weighted by Gasteiger charge is -2.37. The van der Waals surface area contributed by atoms with E-state index in [4.69, 9.17) is 9.47 Å². The highest BCUT2D eigenvalue weighted by atomic mass is 16.5. The number of carboxylic acids is 1. The number of piperazine rings is 1. The van der Waals surface area contributed by atoms with Crippen molar-refractivity contribution in [1.82, 2.24) is 4.90 Å². The molecule has 32 heavy (non-hydrogen) atoms. The summed E-state index contributed by atoms with van der Waals surface area (Å²) in [4.78, 5) is 17.1. The molecule has 2 aromatic rings. The van der Waals surface area contributed by atoms with Gasteiger partial charge in [0.2, 0.25) is 5.60 Å². The number of rotatable bonds is 7. The van der Waals surface area contributed by atoms with Crippen molar-refractivity contribution >= 4 is 11.7 Å². The summed E-state index contributed by atoms with van der Waals surface area (Å²) in [5.41, 5.74) is 0.481. The van der Waals surface area contributed by atoms with Gasteiger partial charge < -0.3 is 24.6 Å². The largest absolute Gasteiger partial charge is 0.497 e. The van der Waals surface area contributed by atoms with E-state index >= 15 is 0 Å². The van der Waals surface area contributed by atoms with Crippen LogP contribution in [0.4, 0.5) is 5.69 Å². The van der Waals surface area contributed by atoms with Crippen LogP contribution in [0.5, 0.6) is 11.5 Å². The predicted octanol–water partition coefficient (Wildman–Crippen LogP) is 2.81. The van der Waals surface area contributed by atoms with Gasteiger partial charge in [-0.3, -0.25) is 4.90 Å². The first-order valence-electron chi connectivity index (χ1n) is 11.3. The first kappa shape index (κ1) is 22.4. The molecule has 1 fully saturated rings. The lowest BCUT2D eigenvalue weighted by atomic mass is 9.88. The second-order valence-electron chi connectivity index (χ2n) is 8.59. The van der Waals surface area contributed by atoms with Crippen LogP contribution in [0, 0.1) is 0 Å². The molecular weight excluding hydrogens is 408 g/mol. The van der Waals surface area contributed by atoms with E-state index in [0.717, 1.165) is 38.3 Å². The fourth-order valence-corrected chi connectivity index (χ4v) is 4.70. The summed E-state index contributed by atoms with van der Waals surface area (Å²) >= 11 is 0. The van der Waals surface area contributed by atoms with Gasteiger partial charge >= 0.3 is 5.97 Å². The molecule has 2 N–H and O–H groups in total. The first-order valence-corrected chi connectivity index (χ1v) is 11.3. The number of fused-ring (bicyclic) bond motifs is 1. The second kappa shape index (κ2) is 9.79. The molecular formula is C25H32N2O5. The molecule has 0 aliphatic carbocycles. The summed E-state index contributed by atoms with van der Waals surface area (Å²) in [7, 11) is 1.56. The number of nitrogens with zero attached hydrogens (tertiary/aromatic N) is 2. The molecule has 0 saturated carbocycles. The van der Waals surface area contributed by atoms with E-state index < -0.39 is 17.7 Å². The van der Waals surface area contributed by atoms with Gasteiger partial charge in [-0.1, -0.05) is 24.3 Å². The number of benzene rings is 2. The van der Waals surface area contributed by atoms with E-state index in [0.29, 0.717) is 30.8 Å². The van der Waals surface area contributed by atoms with Crippen LogP contribution in [0.25, 0.3) is 0 Å². The standard InChI is InChI=1S/C25H32N2O5/c1-31-21-10-8-19-9-11-23(28)25(24(29)30,32-22(19)18-21)12-5-13-26-14-16-27(17-15-26)20-6-3-2-4-7-20/h2-4,6-8,10,18,23,28H,5,9,11-17H2,1H3,(H,29,30). The number of para-hydroxylation sites is 1. The van der Waals surface area contributed by atoms with Crippen LogP contribution < -0.4 is 14.4 Å². The molecule has 7 nitrogen and oxygen atoms in total. The summed E-state index contributed by atoms with van der Waals surface area (Å²) in [6.45, 7) is 4.52. The van der Waals surface area contributed by atoms with E-state index in [9.17, 15) is 15.0 Å². The van der Waals surface area contributed by atoms with Crippen molar-refractivity contribution in [3.8, 4) is 11.5 Å². The Morgan fingerprint density at radius 1 is 1.16 bits per heavy atom. The van der Waals surface area contributed by atoms with Gasteiger partial charge in [-0.15, -0.1) is 0 Å². The van der Waals surface area contributed by atoms with Crippen LogP contribution in [0.15, 0.2) is 48.5 Å². The van der Waals surface area contributed by atoms with Gasteiger partial charge in [0.05, 0.1) is 7.11 Å². The van der Waals surface area contributed by atoms with Gasteiger partial charge in [0.15, 0.2) is 0 Å². The molecule has 0 spiro atoms. The number of aryl methyl sites for hydroxylation is 1. The van der Waals surface area contributed by atoms with Crippen molar-refractivity contribution in [2.24, 2.45) is 0 Å². The number of carboxylic acid groups (broad SMARTS) is 1. The molecule has 7 heteroatoms. The minimum atomic E-state index is -1.65. The zero-order chi connectivity index (χ0) is 22.6. The average Bonchev–Trinajstić information content (AvgIpc) is 2.96. The average molecular weight is 441 g/mol. The fraction of sp³-hybridized carbons (Fsp3) is 0.480. The molecule has 0 aromatic heterocycles. The smallest absolute Gasteiger partial charge is 0.350 e. The highest BCUT2D eigenvalue weighted by Gasteiger charge is 2.49. The number of hydrogen-bond donors (Lipinski definition) is 2. The molecule has 2 atom stereocenters. The lowest BCUT2D eigenvalue weighted by Crippen LogP contribution is -2.54. The van der Waals surface area contributed by atoms with Crippen LogP contribution in [-0.2, 0) is 11.2 Å². The summed E-state index contributed by atoms with van der Waals surface area (Å²) < 4.78 is 11.3. The molecule has 2 aliphatic rings. The molecule has 1 saturated heterocycles. The minimum Gasteiger partial charge on any atom is -0.497 e. The van der Waals surface area contributed by atoms with Crippen molar-refractivity contribution in [3.05, 3.63) is 54.1 Å². The van der Waals surface area contributed by atoms with E-state index in [-0.39, 0.29) is 6.42 Å². The summed E-state index contributed by atoms with van der Waals surface area (Å²) in [5.74, 6) is -0.0231. The Hall–Kier alpha value is -2.77. The summed E-state index contributed by atoms with van der Waals surface area (Å²) in [5, 5.41) is 20.9. The van der Waals surface area contributed by atoms with E-state index in [1.54, 1.807) is 13.2 Å². The van der Waals surface area contributed by atoms with Crippen LogP contribution in [0.3, 0.4) is 0 Å². The number of aliphatic hydroxyl groups is 1. The Morgan fingerprint density at radius 3 is 2.59 bits per heavy atom. The number of ether oxygens (including phenoxy) is 2. The van der Waals surface area contributed by atoms with Crippen molar-refractivity contribution < 1.29 is 24.5 Å². The molecule has 0 bridgehead atoms. The minimum absolute atomic E-state index is 0.249. The number of methoxy groups -OCH3 is 1. The normalized spacial score (nSPS) is 23.7. The maximum Gasteiger partial charge on any atom is 0.350 e. The Labute approximate surface area is 189 Å². The van der Waals surface area contributed by atoms with Crippen molar-refractivity contribution in [2.75, 3.05) is 44.7 Å². The van der Waals surface area contributed by atoms with Crippen LogP contribution in [-0.4, -0.2) is 72.6 Å². The second-order valence-corrected chi connectivity index (χ2v) is 8.59. The molecule has 4 rings (SSSR count). The van der Waals surface area contributed by atoms with E-state index in [1.165, 1.54) is 5.69 Å². The van der Waals surface area contributed by atoms with Gasteiger partial charge in [-0.05, 0) is 49.6 Å². The Bertz CT molecular complexity index is 914. The topological polar surface area (TPSA) is 82.5 Å². The Morgan fingerprint density at radius 2 is 1.91 bits per heavy atom. The van der Waals surface area contributed by atoms with Crippen LogP contribution in [0.2, 0.25) is 0 Å². The zero-order valence-electron chi connectivity index (χ0n) is 18.6. The third kappa shape index (κ3) is 4.69. The van der Waals surface area contributed by atoms with Gasteiger partial charge in [0.25, 0.3) is 0 Å². The third-order valence-electron chi connectivity index (χ3n) is 6.67. The molecule has 0 radical (unpaired) electrons. The number of anilines is 1. The Kier molecular flexibility index (Phi) is 6.86. The maximum absolute atomic E-state index is 12.3. The number of aliphatic carboxylic acids is 1. The SMILES string of the molecule is COc1ccc2c(c1)OC(CCCN1CCN(c3ccccc3)CC1)(C(=O)O)C(O)CC2. The molecule has 2 unspecified atom stereocenters. The predicted molar refractivity (Wildman–Crippen MR) is 123 cm³/mol. The zero-order valence-corrected chi connectivity index (χ0v) is 18.6. The number of carbonyl (C=O) groups is 1. The monoisotopic (exact) mass is 440 g/mol. The fourth-order valence-electron chi connectivity index (χ4n) is 4.70. The van der Waals surface area contributed by atoms with Gasteiger partial charge in [0.1, 0.15) is 17.6 Å². The maximum atomic E-state index is 12.3. The molecule has 0 amide bonds. The van der Waals surface area contributed by atoms with Crippen molar-refractivity contribution in [3.63, 3.8) is 0 Å². The number of aliphatic hydroxyl groups excluding tert-OH is 1. The molecule has 172 valence electrons. The highest BCUT2D eigenvalue weighted by Crippen LogP contribution is 2.37. The van der Waals surface area contributed by atoms with E-state index in [2.05, 4.69) is 34.1 Å². The van der Waals surface area contributed by atoms with Crippen LogP contribution in [0.1, 0.15) is 24.8 Å².